The smallest absolute Gasteiger partial charge is 0.329 e. The average Bonchev–Trinajstić information content (AvgIpc) is 2.38. The summed E-state index contributed by atoms with van der Waals surface area (Å²) in [6, 6.07) is 6.66. The van der Waals surface area contributed by atoms with E-state index in [1.54, 1.807) is 24.3 Å². The van der Waals surface area contributed by atoms with E-state index < -0.39 is 22.6 Å². The number of carboxylic acid groups (broad SMARTS) is 1. The Kier molecular flexibility index (Phi) is 6.12. The molecule has 0 fully saturated rings. The van der Waals surface area contributed by atoms with Crippen LogP contribution in [0.5, 0.6) is 0 Å². The summed E-state index contributed by atoms with van der Waals surface area (Å²) in [5, 5.41) is 8.36. The molecule has 1 rings (SSSR count). The first-order chi connectivity index (χ1) is 9.33. The third-order valence-electron chi connectivity index (χ3n) is 2.62. The van der Waals surface area contributed by atoms with E-state index in [1.165, 1.54) is 0 Å². The quantitative estimate of drug-likeness (QED) is 0.704. The molecule has 6 nitrogen and oxygen atoms in total. The Morgan fingerprint density at radius 2 is 1.90 bits per heavy atom. The van der Waals surface area contributed by atoms with Crippen molar-refractivity contribution < 1.29 is 23.1 Å². The van der Waals surface area contributed by atoms with Gasteiger partial charge >= 0.3 is 5.97 Å². The highest BCUT2D eigenvalue weighted by Crippen LogP contribution is 2.17. The molecule has 0 saturated carbocycles. The van der Waals surface area contributed by atoms with Crippen molar-refractivity contribution in [1.29, 1.82) is 0 Å². The third kappa shape index (κ3) is 5.28. The molecule has 0 unspecified atom stereocenters. The van der Waals surface area contributed by atoms with Crippen molar-refractivity contribution in [1.82, 2.24) is 4.72 Å². The number of carboxylic acids is 1. The zero-order valence-electron chi connectivity index (χ0n) is 11.5. The van der Waals surface area contributed by atoms with Crippen molar-refractivity contribution in [3.05, 3.63) is 29.8 Å². The van der Waals surface area contributed by atoms with Gasteiger partial charge in [-0.05, 0) is 23.6 Å². The highest BCUT2D eigenvalue weighted by atomic mass is 32.2. The molecule has 0 amide bonds. The fourth-order valence-corrected chi connectivity index (χ4v) is 2.54. The molecule has 20 heavy (non-hydrogen) atoms. The van der Waals surface area contributed by atoms with E-state index in [0.717, 1.165) is 5.56 Å². The monoisotopic (exact) mass is 301 g/mol. The molecule has 7 heteroatoms. The predicted octanol–water partition coefficient (Wildman–Crippen LogP) is 1.19. The summed E-state index contributed by atoms with van der Waals surface area (Å²) in [6.07, 6.45) is 0. The lowest BCUT2D eigenvalue weighted by molar-refractivity contribution is -0.142. The number of hydrogen-bond donors (Lipinski definition) is 2. The molecule has 1 aromatic rings. The number of nitrogens with one attached hydrogen (secondary N) is 1. The summed E-state index contributed by atoms with van der Waals surface area (Å²) in [7, 11) is -3.58. The zero-order chi connectivity index (χ0) is 15.2. The first kappa shape index (κ1) is 16.6. The number of ether oxygens (including phenoxy) is 1. The lowest BCUT2D eigenvalue weighted by Gasteiger charge is -2.09. The van der Waals surface area contributed by atoms with Gasteiger partial charge in [-0.2, -0.15) is 0 Å². The second kappa shape index (κ2) is 7.37. The maximum absolute atomic E-state index is 11.9. The van der Waals surface area contributed by atoms with Gasteiger partial charge in [-0.15, -0.1) is 0 Å². The molecule has 1 aromatic carbocycles. The van der Waals surface area contributed by atoms with E-state index in [0.29, 0.717) is 5.92 Å². The molecule has 0 atom stereocenters. The maximum Gasteiger partial charge on any atom is 0.329 e. The molecular formula is C13H19NO5S. The number of rotatable bonds is 8. The first-order valence-corrected chi connectivity index (χ1v) is 7.70. The van der Waals surface area contributed by atoms with Gasteiger partial charge < -0.3 is 9.84 Å². The highest BCUT2D eigenvalue weighted by Gasteiger charge is 2.13. The van der Waals surface area contributed by atoms with Gasteiger partial charge in [0.15, 0.2) is 0 Å². The SMILES string of the molecule is CC(C)c1ccc(S(=O)(=O)NCCOCC(=O)O)cc1. The van der Waals surface area contributed by atoms with Gasteiger partial charge in [0.25, 0.3) is 0 Å². The van der Waals surface area contributed by atoms with Crippen LogP contribution in [0.1, 0.15) is 25.3 Å². The predicted molar refractivity (Wildman–Crippen MR) is 74.2 cm³/mol. The van der Waals surface area contributed by atoms with E-state index in [1.807, 2.05) is 13.8 Å². The third-order valence-corrected chi connectivity index (χ3v) is 4.10. The molecule has 0 aliphatic rings. The van der Waals surface area contributed by atoms with Crippen molar-refractivity contribution in [2.75, 3.05) is 19.8 Å². The second-order valence-electron chi connectivity index (χ2n) is 4.57. The van der Waals surface area contributed by atoms with Crippen LogP contribution in [0.2, 0.25) is 0 Å². The normalized spacial score (nSPS) is 11.8. The minimum atomic E-state index is -3.58. The van der Waals surface area contributed by atoms with Crippen LogP contribution in [0.25, 0.3) is 0 Å². The molecule has 0 bridgehead atoms. The minimum Gasteiger partial charge on any atom is -0.480 e. The molecule has 0 aromatic heterocycles. The fraction of sp³-hybridized carbons (Fsp3) is 0.462. The van der Waals surface area contributed by atoms with Crippen LogP contribution in [0, 0.1) is 0 Å². The lowest BCUT2D eigenvalue weighted by atomic mass is 10.0. The summed E-state index contributed by atoms with van der Waals surface area (Å²) >= 11 is 0. The number of benzene rings is 1. The van der Waals surface area contributed by atoms with Crippen molar-refractivity contribution in [3.8, 4) is 0 Å². The Balaban J connectivity index is 2.53. The van der Waals surface area contributed by atoms with Gasteiger partial charge in [-0.1, -0.05) is 26.0 Å². The molecular weight excluding hydrogens is 282 g/mol. The molecule has 0 aliphatic heterocycles. The molecule has 0 spiro atoms. The summed E-state index contributed by atoms with van der Waals surface area (Å²) in [5.74, 6) is -0.749. The topological polar surface area (TPSA) is 92.7 Å². The fourth-order valence-electron chi connectivity index (χ4n) is 1.52. The van der Waals surface area contributed by atoms with Crippen LogP contribution in [0.4, 0.5) is 0 Å². The Labute approximate surface area is 118 Å². The molecule has 0 heterocycles. The zero-order valence-corrected chi connectivity index (χ0v) is 12.3. The Hall–Kier alpha value is -1.44. The highest BCUT2D eigenvalue weighted by molar-refractivity contribution is 7.89. The van der Waals surface area contributed by atoms with Crippen LogP contribution in [-0.2, 0) is 19.6 Å². The summed E-state index contributed by atoms with van der Waals surface area (Å²) in [6.45, 7) is 3.66. The average molecular weight is 301 g/mol. The summed E-state index contributed by atoms with van der Waals surface area (Å²) in [5.41, 5.74) is 1.06. The Morgan fingerprint density at radius 3 is 2.40 bits per heavy atom. The summed E-state index contributed by atoms with van der Waals surface area (Å²) < 4.78 is 31.0. The van der Waals surface area contributed by atoms with Crippen molar-refractivity contribution in [3.63, 3.8) is 0 Å². The van der Waals surface area contributed by atoms with Gasteiger partial charge in [-0.25, -0.2) is 17.9 Å². The standard InChI is InChI=1S/C13H19NO5S/c1-10(2)11-3-5-12(6-4-11)20(17,18)14-7-8-19-9-13(15)16/h3-6,10,14H,7-9H2,1-2H3,(H,15,16). The van der Waals surface area contributed by atoms with Crippen LogP contribution in [0.3, 0.4) is 0 Å². The first-order valence-electron chi connectivity index (χ1n) is 6.22. The molecule has 2 N–H and O–H groups in total. The molecule has 0 radical (unpaired) electrons. The lowest BCUT2D eigenvalue weighted by Crippen LogP contribution is -2.28. The summed E-state index contributed by atoms with van der Waals surface area (Å²) in [4.78, 5) is 10.4. The number of sulfonamides is 1. The van der Waals surface area contributed by atoms with Gasteiger partial charge in [0.1, 0.15) is 6.61 Å². The van der Waals surface area contributed by atoms with E-state index in [2.05, 4.69) is 4.72 Å². The van der Waals surface area contributed by atoms with Crippen molar-refractivity contribution in [2.24, 2.45) is 0 Å². The van der Waals surface area contributed by atoms with Crippen LogP contribution in [0.15, 0.2) is 29.2 Å². The van der Waals surface area contributed by atoms with Gasteiger partial charge in [0.05, 0.1) is 11.5 Å². The van der Waals surface area contributed by atoms with Crippen molar-refractivity contribution in [2.45, 2.75) is 24.7 Å². The number of aliphatic carboxylic acids is 1. The Morgan fingerprint density at radius 1 is 1.30 bits per heavy atom. The second-order valence-corrected chi connectivity index (χ2v) is 6.33. The largest absolute Gasteiger partial charge is 0.480 e. The molecule has 112 valence electrons. The minimum absolute atomic E-state index is 0.00953. The van der Waals surface area contributed by atoms with Crippen LogP contribution >= 0.6 is 0 Å². The van der Waals surface area contributed by atoms with Gasteiger partial charge in [0.2, 0.25) is 10.0 Å². The number of carbonyl (C=O) groups is 1. The molecule has 0 saturated heterocycles. The van der Waals surface area contributed by atoms with Crippen LogP contribution < -0.4 is 4.72 Å². The van der Waals surface area contributed by atoms with Gasteiger partial charge in [-0.3, -0.25) is 0 Å². The molecule has 0 aliphatic carbocycles. The van der Waals surface area contributed by atoms with E-state index in [-0.39, 0.29) is 18.0 Å². The number of hydrogen-bond acceptors (Lipinski definition) is 4. The van der Waals surface area contributed by atoms with E-state index in [4.69, 9.17) is 9.84 Å². The Bertz CT molecular complexity index is 536. The van der Waals surface area contributed by atoms with Crippen LogP contribution in [-0.4, -0.2) is 39.3 Å². The maximum atomic E-state index is 11.9. The van der Waals surface area contributed by atoms with E-state index in [9.17, 15) is 13.2 Å². The van der Waals surface area contributed by atoms with Gasteiger partial charge in [0, 0.05) is 6.54 Å². The van der Waals surface area contributed by atoms with E-state index >= 15 is 0 Å². The van der Waals surface area contributed by atoms with Crippen molar-refractivity contribution >= 4 is 16.0 Å².